The van der Waals surface area contributed by atoms with Crippen molar-refractivity contribution in [1.82, 2.24) is 0 Å². The third-order valence-corrected chi connectivity index (χ3v) is 9.48. The molecule has 0 N–H and O–H groups in total. The van der Waals surface area contributed by atoms with Crippen LogP contribution in [0.15, 0.2) is 16.8 Å². The molecule has 0 unspecified atom stereocenters. The van der Waals surface area contributed by atoms with E-state index in [0.717, 1.165) is 48.1 Å². The van der Waals surface area contributed by atoms with E-state index in [4.69, 9.17) is 23.7 Å². The predicted octanol–water partition coefficient (Wildman–Crippen LogP) is 1.64. The van der Waals surface area contributed by atoms with Crippen LogP contribution in [0.3, 0.4) is 0 Å². The summed E-state index contributed by atoms with van der Waals surface area (Å²) in [4.78, 5) is 4.31. The molecule has 2 aliphatic heterocycles. The Morgan fingerprint density at radius 2 is 1.49 bits per heavy atom. The summed E-state index contributed by atoms with van der Waals surface area (Å²) in [5.41, 5.74) is 1.14. The first-order valence-corrected chi connectivity index (χ1v) is 15.0. The van der Waals surface area contributed by atoms with Gasteiger partial charge >= 0.3 is 29.6 Å². The van der Waals surface area contributed by atoms with Crippen LogP contribution in [0.25, 0.3) is 19.5 Å². The van der Waals surface area contributed by atoms with E-state index in [0.29, 0.717) is 58.9 Å². The van der Waals surface area contributed by atoms with Gasteiger partial charge in [0, 0.05) is 28.0 Å². The molecule has 0 saturated heterocycles. The zero-order valence-corrected chi connectivity index (χ0v) is 24.5. The summed E-state index contributed by atoms with van der Waals surface area (Å²) in [6.07, 6.45) is 1.53. The Morgan fingerprint density at radius 1 is 0.857 bits per heavy atom. The van der Waals surface area contributed by atoms with E-state index in [2.05, 4.69) is 6.07 Å². The molecule has 0 fully saturated rings. The number of hydrogen-bond acceptors (Lipinski definition) is 11. The van der Waals surface area contributed by atoms with Gasteiger partial charge in [0.05, 0.1) is 31.4 Å². The van der Waals surface area contributed by atoms with Gasteiger partial charge in [-0.2, -0.15) is 0 Å². The molecule has 0 aliphatic carbocycles. The number of rotatable bonds is 10. The van der Waals surface area contributed by atoms with Crippen LogP contribution in [0.1, 0.15) is 18.4 Å². The van der Waals surface area contributed by atoms with E-state index >= 15 is 0 Å². The fraction of sp³-hybridized carbons (Fsp3) is 0.455. The van der Waals surface area contributed by atoms with Gasteiger partial charge in [0.15, 0.2) is 23.0 Å². The van der Waals surface area contributed by atoms with Crippen LogP contribution < -0.4 is 48.5 Å². The molecule has 0 aromatic carbocycles. The molecule has 0 spiro atoms. The van der Waals surface area contributed by atoms with Crippen LogP contribution >= 0.6 is 34.0 Å². The standard InChI is InChI=1S/C22H24O8S4.Na/c23-34(24,25)10-2-1-4-26-5-3-14-11-17(21-18-15(12-31-21)27-6-8-29-18)33-20(14)22-19-16(13-32-22)28-7-9-30-19;/h11-13H,1-10H2,(H,23,24,25);/q;+1/p-1. The fourth-order valence-electron chi connectivity index (χ4n) is 3.74. The fourth-order valence-corrected chi connectivity index (χ4v) is 7.66. The number of fused-ring (bicyclic) bond motifs is 2. The first kappa shape index (κ1) is 27.2. The summed E-state index contributed by atoms with van der Waals surface area (Å²) in [5.74, 6) is 2.81. The number of hydrogen-bond donors (Lipinski definition) is 0. The SMILES string of the molecule is O=S(=O)([O-])CCCCOCCc1cc(-c2scc3c2OCCO3)sc1-c1scc2c1OCCO2.[Na+]. The Kier molecular flexibility index (Phi) is 9.44. The van der Waals surface area contributed by atoms with E-state index in [-0.39, 0.29) is 35.3 Å². The Bertz CT molecular complexity index is 1250. The average molecular weight is 567 g/mol. The van der Waals surface area contributed by atoms with Gasteiger partial charge in [-0.1, -0.05) is 0 Å². The van der Waals surface area contributed by atoms with Crippen LogP contribution in [-0.4, -0.2) is 58.4 Å². The molecule has 35 heavy (non-hydrogen) atoms. The number of thiophene rings is 3. The van der Waals surface area contributed by atoms with Crippen LogP contribution in [0.2, 0.25) is 0 Å². The zero-order valence-electron chi connectivity index (χ0n) is 19.2. The summed E-state index contributed by atoms with van der Waals surface area (Å²) < 4.78 is 61.2. The molecule has 184 valence electrons. The number of ether oxygens (including phenoxy) is 5. The van der Waals surface area contributed by atoms with Crippen LogP contribution in [-0.2, 0) is 21.3 Å². The maximum Gasteiger partial charge on any atom is 1.00 e. The Balaban J connectivity index is 0.00000289. The average Bonchev–Trinajstić information content (AvgIpc) is 3.53. The Labute approximate surface area is 238 Å². The van der Waals surface area contributed by atoms with E-state index in [1.807, 2.05) is 10.8 Å². The normalized spacial score (nSPS) is 14.5. The molecule has 3 aromatic rings. The first-order valence-electron chi connectivity index (χ1n) is 10.9. The monoisotopic (exact) mass is 566 g/mol. The second-order valence-electron chi connectivity index (χ2n) is 7.71. The molecule has 5 rings (SSSR count). The van der Waals surface area contributed by atoms with E-state index in [9.17, 15) is 13.0 Å². The van der Waals surface area contributed by atoms with Crippen molar-refractivity contribution in [3.63, 3.8) is 0 Å². The van der Waals surface area contributed by atoms with Gasteiger partial charge in [0.25, 0.3) is 0 Å². The maximum atomic E-state index is 10.7. The van der Waals surface area contributed by atoms with Gasteiger partial charge < -0.3 is 28.2 Å². The maximum absolute atomic E-state index is 10.7. The third kappa shape index (κ3) is 6.55. The topological polar surface area (TPSA) is 103 Å². The minimum atomic E-state index is -4.17. The van der Waals surface area contributed by atoms with Crippen molar-refractivity contribution < 1.29 is 66.2 Å². The van der Waals surface area contributed by atoms with Gasteiger partial charge in [-0.15, -0.1) is 34.0 Å². The van der Waals surface area contributed by atoms with Crippen molar-refractivity contribution in [2.24, 2.45) is 0 Å². The van der Waals surface area contributed by atoms with E-state index in [1.165, 1.54) is 0 Å². The third-order valence-electron chi connectivity index (χ3n) is 5.29. The second-order valence-corrected chi connectivity index (χ2v) is 12.0. The van der Waals surface area contributed by atoms with Gasteiger partial charge in [0.1, 0.15) is 26.4 Å². The molecular formula is C22H23NaO8S4. The minimum absolute atomic E-state index is 0. The van der Waals surface area contributed by atoms with Crippen LogP contribution in [0.5, 0.6) is 23.0 Å². The second kappa shape index (κ2) is 12.1. The molecule has 0 amide bonds. The van der Waals surface area contributed by atoms with Gasteiger partial charge in [-0.25, -0.2) is 8.42 Å². The summed E-state index contributed by atoms with van der Waals surface area (Å²) >= 11 is 4.90. The Hall–Kier alpha value is -0.830. The van der Waals surface area contributed by atoms with Crippen LogP contribution in [0, 0.1) is 0 Å². The van der Waals surface area contributed by atoms with Crippen molar-refractivity contribution >= 4 is 44.1 Å². The van der Waals surface area contributed by atoms with E-state index < -0.39 is 10.1 Å². The molecule has 13 heteroatoms. The molecule has 0 saturated carbocycles. The van der Waals surface area contributed by atoms with E-state index in [1.54, 1.807) is 34.0 Å². The predicted molar refractivity (Wildman–Crippen MR) is 131 cm³/mol. The van der Waals surface area contributed by atoms with Crippen molar-refractivity contribution in [2.45, 2.75) is 19.3 Å². The molecule has 3 aromatic heterocycles. The molecule has 2 aliphatic rings. The van der Waals surface area contributed by atoms with Crippen molar-refractivity contribution in [1.29, 1.82) is 0 Å². The summed E-state index contributed by atoms with van der Waals surface area (Å²) in [6, 6.07) is 2.17. The van der Waals surface area contributed by atoms with Gasteiger partial charge in [0.2, 0.25) is 0 Å². The molecule has 0 bridgehead atoms. The number of unbranched alkanes of at least 4 members (excludes halogenated alkanes) is 1. The molecule has 0 atom stereocenters. The minimum Gasteiger partial charge on any atom is -0.748 e. The molecule has 5 heterocycles. The van der Waals surface area contributed by atoms with Gasteiger partial charge in [-0.05, 0) is 30.9 Å². The molecular weight excluding hydrogens is 543 g/mol. The van der Waals surface area contributed by atoms with Crippen molar-refractivity contribution in [3.05, 3.63) is 22.4 Å². The Morgan fingerprint density at radius 3 is 2.17 bits per heavy atom. The van der Waals surface area contributed by atoms with Crippen molar-refractivity contribution in [2.75, 3.05) is 45.4 Å². The molecule has 8 nitrogen and oxygen atoms in total. The van der Waals surface area contributed by atoms with Crippen LogP contribution in [0.4, 0.5) is 0 Å². The summed E-state index contributed by atoms with van der Waals surface area (Å²) in [5, 5.41) is 3.97. The summed E-state index contributed by atoms with van der Waals surface area (Å²) in [6.45, 7) is 3.06. The zero-order chi connectivity index (χ0) is 23.5. The molecule has 0 radical (unpaired) electrons. The van der Waals surface area contributed by atoms with Gasteiger partial charge in [-0.3, -0.25) is 0 Å². The first-order chi connectivity index (χ1) is 16.5. The van der Waals surface area contributed by atoms with Crippen molar-refractivity contribution in [3.8, 4) is 42.5 Å². The largest absolute Gasteiger partial charge is 1.00 e. The smallest absolute Gasteiger partial charge is 0.748 e. The quantitative estimate of drug-likeness (QED) is 0.207. The summed E-state index contributed by atoms with van der Waals surface area (Å²) in [7, 11) is -4.17.